The van der Waals surface area contributed by atoms with E-state index in [9.17, 15) is 9.59 Å². The molecule has 0 radical (unpaired) electrons. The van der Waals surface area contributed by atoms with E-state index in [2.05, 4.69) is 5.32 Å². The Morgan fingerprint density at radius 3 is 2.67 bits per heavy atom. The number of hydrogen-bond donors (Lipinski definition) is 2. The van der Waals surface area contributed by atoms with E-state index in [1.54, 1.807) is 13.0 Å². The fourth-order valence-corrected chi connectivity index (χ4v) is 1.68. The molecular weight excluding hydrogens is 258 g/mol. The summed E-state index contributed by atoms with van der Waals surface area (Å²) in [5.74, 6) is -0.811. The minimum atomic E-state index is -0.959. The average molecular weight is 272 g/mol. The Balaban J connectivity index is 2.80. The molecule has 0 heterocycles. The summed E-state index contributed by atoms with van der Waals surface area (Å²) >= 11 is 5.93. The number of carboxylic acids is 1. The van der Waals surface area contributed by atoms with Crippen molar-refractivity contribution in [2.75, 3.05) is 13.7 Å². The number of methoxy groups -OCH3 is 1. The van der Waals surface area contributed by atoms with E-state index < -0.39 is 5.97 Å². The number of aliphatic carboxylic acids is 1. The smallest absolute Gasteiger partial charge is 0.305 e. The van der Waals surface area contributed by atoms with Crippen LogP contribution in [0.15, 0.2) is 12.1 Å². The van der Waals surface area contributed by atoms with Gasteiger partial charge in [0.2, 0.25) is 0 Å². The van der Waals surface area contributed by atoms with Gasteiger partial charge in [-0.25, -0.2) is 0 Å². The predicted molar refractivity (Wildman–Crippen MR) is 67.3 cm³/mol. The topological polar surface area (TPSA) is 75.6 Å². The van der Waals surface area contributed by atoms with Crippen molar-refractivity contribution in [1.29, 1.82) is 0 Å². The van der Waals surface area contributed by atoms with Gasteiger partial charge in [-0.1, -0.05) is 11.6 Å². The summed E-state index contributed by atoms with van der Waals surface area (Å²) in [7, 11) is 1.49. The minimum absolute atomic E-state index is 0.0806. The number of ether oxygens (including phenoxy) is 1. The monoisotopic (exact) mass is 271 g/mol. The number of hydrogen-bond acceptors (Lipinski definition) is 3. The lowest BCUT2D eigenvalue weighted by Crippen LogP contribution is -2.26. The van der Waals surface area contributed by atoms with Crippen molar-refractivity contribution in [3.8, 4) is 5.75 Å². The van der Waals surface area contributed by atoms with Gasteiger partial charge in [-0.15, -0.1) is 0 Å². The van der Waals surface area contributed by atoms with Gasteiger partial charge in [0.05, 0.1) is 18.6 Å². The van der Waals surface area contributed by atoms with Gasteiger partial charge in [0.1, 0.15) is 5.75 Å². The van der Waals surface area contributed by atoms with Crippen molar-refractivity contribution in [2.45, 2.75) is 13.3 Å². The van der Waals surface area contributed by atoms with Gasteiger partial charge in [0, 0.05) is 12.1 Å². The van der Waals surface area contributed by atoms with Crippen LogP contribution in [0.1, 0.15) is 22.3 Å². The highest BCUT2D eigenvalue weighted by Crippen LogP contribution is 2.27. The van der Waals surface area contributed by atoms with Crippen LogP contribution in [0.5, 0.6) is 5.75 Å². The summed E-state index contributed by atoms with van der Waals surface area (Å²) in [6.07, 6.45) is -0.116. The minimum Gasteiger partial charge on any atom is -0.495 e. The van der Waals surface area contributed by atoms with Crippen LogP contribution in [0.4, 0.5) is 0 Å². The summed E-state index contributed by atoms with van der Waals surface area (Å²) in [5, 5.41) is 11.3. The first-order valence-electron chi connectivity index (χ1n) is 5.30. The van der Waals surface area contributed by atoms with E-state index >= 15 is 0 Å². The first-order valence-corrected chi connectivity index (χ1v) is 5.67. The van der Waals surface area contributed by atoms with Gasteiger partial charge in [-0.05, 0) is 24.6 Å². The van der Waals surface area contributed by atoms with Gasteiger partial charge < -0.3 is 15.2 Å². The van der Waals surface area contributed by atoms with Crippen LogP contribution in [0.3, 0.4) is 0 Å². The molecule has 0 atom stereocenters. The largest absolute Gasteiger partial charge is 0.495 e. The molecule has 0 fully saturated rings. The number of carboxylic acid groups (broad SMARTS) is 1. The second-order valence-corrected chi connectivity index (χ2v) is 4.11. The third kappa shape index (κ3) is 3.63. The number of amides is 1. The van der Waals surface area contributed by atoms with Crippen LogP contribution >= 0.6 is 11.6 Å². The molecule has 0 aliphatic carbocycles. The molecule has 0 saturated carbocycles. The van der Waals surface area contributed by atoms with Crippen molar-refractivity contribution < 1.29 is 19.4 Å². The first kappa shape index (κ1) is 14.3. The summed E-state index contributed by atoms with van der Waals surface area (Å²) in [4.78, 5) is 22.1. The summed E-state index contributed by atoms with van der Waals surface area (Å²) in [5.41, 5.74) is 1.12. The van der Waals surface area contributed by atoms with Gasteiger partial charge in [0.25, 0.3) is 5.91 Å². The number of halogens is 1. The second-order valence-electron chi connectivity index (χ2n) is 3.70. The van der Waals surface area contributed by atoms with Crippen LogP contribution in [-0.4, -0.2) is 30.6 Å². The Hall–Kier alpha value is -1.75. The zero-order valence-corrected chi connectivity index (χ0v) is 10.9. The zero-order valence-electron chi connectivity index (χ0n) is 10.1. The van der Waals surface area contributed by atoms with Crippen molar-refractivity contribution in [1.82, 2.24) is 5.32 Å². The summed E-state index contributed by atoms with van der Waals surface area (Å²) < 4.78 is 5.03. The van der Waals surface area contributed by atoms with Crippen molar-refractivity contribution in [3.05, 3.63) is 28.3 Å². The molecule has 0 saturated heterocycles. The molecule has 6 heteroatoms. The summed E-state index contributed by atoms with van der Waals surface area (Å²) in [6.45, 7) is 1.84. The maximum atomic E-state index is 11.8. The molecule has 0 spiro atoms. The van der Waals surface area contributed by atoms with E-state index in [4.69, 9.17) is 21.4 Å². The number of carbonyl (C=O) groups is 2. The molecule has 1 aromatic rings. The molecule has 0 aliphatic rings. The molecule has 98 valence electrons. The second kappa shape index (κ2) is 6.26. The maximum Gasteiger partial charge on any atom is 0.305 e. The van der Waals surface area contributed by atoms with Crippen molar-refractivity contribution >= 4 is 23.5 Å². The van der Waals surface area contributed by atoms with Gasteiger partial charge in [0.15, 0.2) is 0 Å². The van der Waals surface area contributed by atoms with E-state index in [0.717, 1.165) is 0 Å². The number of carbonyl (C=O) groups excluding carboxylic acids is 1. The van der Waals surface area contributed by atoms with Crippen LogP contribution in [-0.2, 0) is 4.79 Å². The fraction of sp³-hybridized carbons (Fsp3) is 0.333. The van der Waals surface area contributed by atoms with Gasteiger partial charge in [-0.3, -0.25) is 9.59 Å². The third-order valence-electron chi connectivity index (χ3n) is 2.37. The van der Waals surface area contributed by atoms with Crippen molar-refractivity contribution in [3.63, 3.8) is 0 Å². The lowest BCUT2D eigenvalue weighted by atomic mass is 10.1. The van der Waals surface area contributed by atoms with E-state index in [0.29, 0.717) is 21.9 Å². The highest BCUT2D eigenvalue weighted by atomic mass is 35.5. The molecule has 18 heavy (non-hydrogen) atoms. The first-order chi connectivity index (χ1) is 8.45. The number of nitrogens with one attached hydrogen (secondary N) is 1. The van der Waals surface area contributed by atoms with Crippen LogP contribution < -0.4 is 10.1 Å². The predicted octanol–water partition coefficient (Wildman–Crippen LogP) is 1.86. The lowest BCUT2D eigenvalue weighted by molar-refractivity contribution is -0.136. The Morgan fingerprint density at radius 1 is 1.44 bits per heavy atom. The molecule has 0 unspecified atom stereocenters. The third-order valence-corrected chi connectivity index (χ3v) is 2.66. The molecule has 2 N–H and O–H groups in total. The standard InChI is InChI=1S/C12H14ClNO4/c1-7-5-10(18-2)9(13)6-8(7)12(17)14-4-3-11(15)16/h5-6H,3-4H2,1-2H3,(H,14,17)(H,15,16). The van der Waals surface area contributed by atoms with Gasteiger partial charge in [-0.2, -0.15) is 0 Å². The Bertz CT molecular complexity index is 473. The highest BCUT2D eigenvalue weighted by molar-refractivity contribution is 6.32. The van der Waals surface area contributed by atoms with E-state index in [1.165, 1.54) is 13.2 Å². The van der Waals surface area contributed by atoms with E-state index in [1.807, 2.05) is 0 Å². The van der Waals surface area contributed by atoms with Crippen LogP contribution in [0, 0.1) is 6.92 Å². The number of aryl methyl sites for hydroxylation is 1. The highest BCUT2D eigenvalue weighted by Gasteiger charge is 2.13. The zero-order chi connectivity index (χ0) is 13.7. The molecule has 0 aliphatic heterocycles. The number of benzene rings is 1. The SMILES string of the molecule is COc1cc(C)c(C(=O)NCCC(=O)O)cc1Cl. The molecular formula is C12H14ClNO4. The van der Waals surface area contributed by atoms with Crippen LogP contribution in [0.25, 0.3) is 0 Å². The molecule has 5 nitrogen and oxygen atoms in total. The molecule has 1 rings (SSSR count). The van der Waals surface area contributed by atoms with Gasteiger partial charge >= 0.3 is 5.97 Å². The maximum absolute atomic E-state index is 11.8. The number of rotatable bonds is 5. The fourth-order valence-electron chi connectivity index (χ4n) is 1.43. The van der Waals surface area contributed by atoms with E-state index in [-0.39, 0.29) is 18.9 Å². The normalized spacial score (nSPS) is 9.94. The lowest BCUT2D eigenvalue weighted by Gasteiger charge is -2.10. The molecule has 0 bridgehead atoms. The molecule has 1 aromatic carbocycles. The quantitative estimate of drug-likeness (QED) is 0.857. The Kier molecular flexibility index (Phi) is 4.97. The van der Waals surface area contributed by atoms with Crippen LogP contribution in [0.2, 0.25) is 5.02 Å². The van der Waals surface area contributed by atoms with Crippen molar-refractivity contribution in [2.24, 2.45) is 0 Å². The summed E-state index contributed by atoms with van der Waals surface area (Å²) in [6, 6.07) is 3.17. The molecule has 1 amide bonds. The average Bonchev–Trinajstić information content (AvgIpc) is 2.30. The molecule has 0 aromatic heterocycles. The Morgan fingerprint density at radius 2 is 2.11 bits per heavy atom. The Labute approximate surface area is 110 Å².